The molecule has 2 aromatic rings. The van der Waals surface area contributed by atoms with Crippen LogP contribution in [0.3, 0.4) is 0 Å². The molecule has 0 radical (unpaired) electrons. The van der Waals surface area contributed by atoms with Gasteiger partial charge in [0.15, 0.2) is 5.13 Å². The predicted molar refractivity (Wildman–Crippen MR) is 96.1 cm³/mol. The van der Waals surface area contributed by atoms with Crippen LogP contribution in [0.25, 0.3) is 0 Å². The van der Waals surface area contributed by atoms with Crippen LogP contribution in [0.1, 0.15) is 44.6 Å². The number of aromatic nitrogens is 1. The van der Waals surface area contributed by atoms with Crippen molar-refractivity contribution in [1.29, 1.82) is 0 Å². The van der Waals surface area contributed by atoms with E-state index in [0.29, 0.717) is 16.1 Å². The van der Waals surface area contributed by atoms with Gasteiger partial charge in [-0.2, -0.15) is 0 Å². The molecule has 0 bridgehead atoms. The first-order valence-corrected chi connectivity index (χ1v) is 9.31. The SMILES string of the molecule is CC(CC1CCCC1)(C(=O)Nc1nccs1)c1ccc(Cl)cc1. The van der Waals surface area contributed by atoms with Crippen LogP contribution in [0, 0.1) is 5.92 Å². The van der Waals surface area contributed by atoms with Crippen molar-refractivity contribution in [3.8, 4) is 0 Å². The van der Waals surface area contributed by atoms with Gasteiger partial charge in [0.2, 0.25) is 5.91 Å². The molecule has 1 aromatic carbocycles. The van der Waals surface area contributed by atoms with Crippen LogP contribution < -0.4 is 5.32 Å². The second-order valence-corrected chi connectivity index (χ2v) is 7.82. The van der Waals surface area contributed by atoms with E-state index in [2.05, 4.69) is 10.3 Å². The lowest BCUT2D eigenvalue weighted by atomic mass is 9.74. The van der Waals surface area contributed by atoms with Crippen LogP contribution in [0.2, 0.25) is 5.02 Å². The number of hydrogen-bond acceptors (Lipinski definition) is 3. The van der Waals surface area contributed by atoms with E-state index in [0.717, 1.165) is 12.0 Å². The van der Waals surface area contributed by atoms with Crippen molar-refractivity contribution in [2.75, 3.05) is 5.32 Å². The van der Waals surface area contributed by atoms with Gasteiger partial charge in [0.25, 0.3) is 0 Å². The molecule has 1 amide bonds. The number of carbonyl (C=O) groups excluding carboxylic acids is 1. The Kier molecular flexibility index (Phi) is 5.02. The third-order valence-corrected chi connectivity index (χ3v) is 5.75. The fourth-order valence-corrected chi connectivity index (χ4v) is 4.12. The van der Waals surface area contributed by atoms with Gasteiger partial charge < -0.3 is 5.32 Å². The Balaban J connectivity index is 1.87. The summed E-state index contributed by atoms with van der Waals surface area (Å²) in [5, 5.41) is 6.20. The summed E-state index contributed by atoms with van der Waals surface area (Å²) in [5.41, 5.74) is 0.452. The molecule has 3 nitrogen and oxygen atoms in total. The van der Waals surface area contributed by atoms with Gasteiger partial charge in [0.1, 0.15) is 0 Å². The molecule has 3 rings (SSSR count). The fraction of sp³-hybridized carbons (Fsp3) is 0.444. The molecule has 0 aliphatic heterocycles. The summed E-state index contributed by atoms with van der Waals surface area (Å²) in [7, 11) is 0. The summed E-state index contributed by atoms with van der Waals surface area (Å²) >= 11 is 7.46. The molecule has 1 aliphatic rings. The summed E-state index contributed by atoms with van der Waals surface area (Å²) in [5.74, 6) is 0.624. The van der Waals surface area contributed by atoms with Gasteiger partial charge in [-0.15, -0.1) is 11.3 Å². The van der Waals surface area contributed by atoms with Gasteiger partial charge in [-0.05, 0) is 37.0 Å². The predicted octanol–water partition coefficient (Wildman–Crippen LogP) is 5.27. The Hall–Kier alpha value is -1.39. The van der Waals surface area contributed by atoms with Crippen molar-refractivity contribution in [3.05, 3.63) is 46.4 Å². The van der Waals surface area contributed by atoms with Gasteiger partial charge in [-0.1, -0.05) is 49.4 Å². The van der Waals surface area contributed by atoms with Gasteiger partial charge >= 0.3 is 0 Å². The van der Waals surface area contributed by atoms with E-state index >= 15 is 0 Å². The van der Waals surface area contributed by atoms with E-state index in [-0.39, 0.29) is 5.91 Å². The van der Waals surface area contributed by atoms with Gasteiger partial charge in [0.05, 0.1) is 5.41 Å². The van der Waals surface area contributed by atoms with Crippen LogP contribution >= 0.6 is 22.9 Å². The van der Waals surface area contributed by atoms with Crippen molar-refractivity contribution in [2.24, 2.45) is 5.92 Å². The average Bonchev–Trinajstić information content (AvgIpc) is 3.21. The molecular formula is C18H21ClN2OS. The molecule has 1 N–H and O–H groups in total. The number of hydrogen-bond donors (Lipinski definition) is 1. The van der Waals surface area contributed by atoms with E-state index in [1.165, 1.54) is 37.0 Å². The first-order chi connectivity index (χ1) is 11.1. The standard InChI is InChI=1S/C18H21ClN2OS/c1-18(12-13-4-2-3-5-13,14-6-8-15(19)9-7-14)16(22)21-17-20-10-11-23-17/h6-11,13H,2-5,12H2,1H3,(H,20,21,22). The molecule has 1 atom stereocenters. The second-order valence-electron chi connectivity index (χ2n) is 6.48. The highest BCUT2D eigenvalue weighted by atomic mass is 35.5. The second kappa shape index (κ2) is 7.02. The molecule has 1 aliphatic carbocycles. The highest BCUT2D eigenvalue weighted by Crippen LogP contribution is 2.39. The van der Waals surface area contributed by atoms with E-state index in [1.54, 1.807) is 6.20 Å². The quantitative estimate of drug-likeness (QED) is 0.799. The number of nitrogens with zero attached hydrogens (tertiary/aromatic N) is 1. The van der Waals surface area contributed by atoms with E-state index in [4.69, 9.17) is 11.6 Å². The summed E-state index contributed by atoms with van der Waals surface area (Å²) in [4.78, 5) is 17.2. The number of amides is 1. The van der Waals surface area contributed by atoms with E-state index in [9.17, 15) is 4.79 Å². The Morgan fingerprint density at radius 1 is 1.35 bits per heavy atom. The van der Waals surface area contributed by atoms with E-state index < -0.39 is 5.41 Å². The summed E-state index contributed by atoms with van der Waals surface area (Å²) in [6, 6.07) is 7.67. The summed E-state index contributed by atoms with van der Waals surface area (Å²) < 4.78 is 0. The fourth-order valence-electron chi connectivity index (χ4n) is 3.47. The lowest BCUT2D eigenvalue weighted by Gasteiger charge is -2.31. The van der Waals surface area contributed by atoms with Crippen LogP contribution in [-0.4, -0.2) is 10.9 Å². The number of anilines is 1. The molecule has 1 unspecified atom stereocenters. The molecule has 1 fully saturated rings. The van der Waals surface area contributed by atoms with Crippen molar-refractivity contribution in [2.45, 2.75) is 44.4 Å². The highest BCUT2D eigenvalue weighted by molar-refractivity contribution is 7.13. The van der Waals surface area contributed by atoms with Gasteiger partial charge in [-0.3, -0.25) is 4.79 Å². The third kappa shape index (κ3) is 3.75. The number of benzene rings is 1. The monoisotopic (exact) mass is 348 g/mol. The normalized spacial score (nSPS) is 17.8. The molecule has 0 saturated heterocycles. The zero-order valence-corrected chi connectivity index (χ0v) is 14.8. The zero-order valence-electron chi connectivity index (χ0n) is 13.2. The largest absolute Gasteiger partial charge is 0.301 e. The molecule has 0 spiro atoms. The topological polar surface area (TPSA) is 42.0 Å². The molecular weight excluding hydrogens is 328 g/mol. The maximum Gasteiger partial charge on any atom is 0.236 e. The van der Waals surface area contributed by atoms with Crippen LogP contribution in [-0.2, 0) is 10.2 Å². The number of nitrogens with one attached hydrogen (secondary N) is 1. The molecule has 122 valence electrons. The number of carbonyl (C=O) groups is 1. The van der Waals surface area contributed by atoms with Crippen LogP contribution in [0.15, 0.2) is 35.8 Å². The molecule has 1 aromatic heterocycles. The van der Waals surface area contributed by atoms with Gasteiger partial charge in [-0.25, -0.2) is 4.98 Å². The zero-order chi connectivity index (χ0) is 16.3. The number of halogens is 1. The Morgan fingerprint density at radius 3 is 2.65 bits per heavy atom. The maximum atomic E-state index is 13.0. The van der Waals surface area contributed by atoms with E-state index in [1.807, 2.05) is 36.6 Å². The minimum absolute atomic E-state index is 0.0154. The molecule has 5 heteroatoms. The minimum Gasteiger partial charge on any atom is -0.301 e. The molecule has 1 saturated carbocycles. The molecule has 23 heavy (non-hydrogen) atoms. The average molecular weight is 349 g/mol. The van der Waals surface area contributed by atoms with Crippen LogP contribution in [0.5, 0.6) is 0 Å². The number of rotatable bonds is 5. The van der Waals surface area contributed by atoms with Crippen molar-refractivity contribution in [1.82, 2.24) is 4.98 Å². The first kappa shape index (κ1) is 16.5. The summed E-state index contributed by atoms with van der Waals surface area (Å²) in [6.07, 6.45) is 7.55. The summed E-state index contributed by atoms with van der Waals surface area (Å²) in [6.45, 7) is 2.04. The lowest BCUT2D eigenvalue weighted by molar-refractivity contribution is -0.121. The molecule has 1 heterocycles. The smallest absolute Gasteiger partial charge is 0.236 e. The van der Waals surface area contributed by atoms with Crippen molar-refractivity contribution in [3.63, 3.8) is 0 Å². The van der Waals surface area contributed by atoms with Crippen molar-refractivity contribution < 1.29 is 4.79 Å². The Bertz CT molecular complexity index is 650. The maximum absolute atomic E-state index is 13.0. The number of thiazole rings is 1. The van der Waals surface area contributed by atoms with Crippen LogP contribution in [0.4, 0.5) is 5.13 Å². The first-order valence-electron chi connectivity index (χ1n) is 8.05. The minimum atomic E-state index is -0.564. The Labute approximate surface area is 146 Å². The van der Waals surface area contributed by atoms with Crippen molar-refractivity contribution >= 4 is 34.0 Å². The third-order valence-electron chi connectivity index (χ3n) is 4.81. The highest BCUT2D eigenvalue weighted by Gasteiger charge is 2.38. The lowest BCUT2D eigenvalue weighted by Crippen LogP contribution is -2.39. The Morgan fingerprint density at radius 2 is 2.04 bits per heavy atom. The van der Waals surface area contributed by atoms with Gasteiger partial charge in [0, 0.05) is 16.6 Å².